The number of carbonyl (C=O) groups is 1. The van der Waals surface area contributed by atoms with Crippen LogP contribution in [0.5, 0.6) is 11.6 Å². The van der Waals surface area contributed by atoms with Crippen molar-refractivity contribution in [3.05, 3.63) is 56.7 Å². The molecule has 0 amide bonds. The number of nitrogens with zero attached hydrogens (tertiary/aromatic N) is 2. The third-order valence-electron chi connectivity index (χ3n) is 2.61. The molecule has 1 N–H and O–H groups in total. The van der Waals surface area contributed by atoms with Gasteiger partial charge in [-0.25, -0.2) is 9.78 Å². The van der Waals surface area contributed by atoms with Gasteiger partial charge in [0.15, 0.2) is 0 Å². The number of pyridine rings is 1. The minimum Gasteiger partial charge on any atom is -0.478 e. The minimum absolute atomic E-state index is 0.0584. The zero-order valence-corrected chi connectivity index (χ0v) is 11.5. The van der Waals surface area contributed by atoms with Crippen LogP contribution in [0, 0.1) is 17.0 Å². The summed E-state index contributed by atoms with van der Waals surface area (Å²) in [6, 6.07) is 5.51. The van der Waals surface area contributed by atoms with Crippen LogP contribution in [0.15, 0.2) is 30.5 Å². The summed E-state index contributed by atoms with van der Waals surface area (Å²) in [6.45, 7) is 1.74. The first-order valence-electron chi connectivity index (χ1n) is 5.71. The van der Waals surface area contributed by atoms with Crippen molar-refractivity contribution in [1.82, 2.24) is 4.98 Å². The van der Waals surface area contributed by atoms with Gasteiger partial charge in [-0.15, -0.1) is 0 Å². The SMILES string of the molecule is Cc1ccc([N+](=O)[O-])c(Oc2nccc(C(=O)O)c2Cl)c1. The molecule has 2 rings (SSSR count). The quantitative estimate of drug-likeness (QED) is 0.685. The predicted molar refractivity (Wildman–Crippen MR) is 74.1 cm³/mol. The highest BCUT2D eigenvalue weighted by Gasteiger charge is 2.20. The standard InChI is InChI=1S/C13H9ClN2O5/c1-7-2-3-9(16(19)20)10(6-7)21-12-11(14)8(13(17)18)4-5-15-12/h2-6H,1H3,(H,17,18). The van der Waals surface area contributed by atoms with Crippen LogP contribution in [-0.4, -0.2) is 21.0 Å². The molecule has 2 aromatic rings. The van der Waals surface area contributed by atoms with Gasteiger partial charge in [0.05, 0.1) is 10.5 Å². The van der Waals surface area contributed by atoms with E-state index in [1.54, 1.807) is 13.0 Å². The Kier molecular flexibility index (Phi) is 4.04. The summed E-state index contributed by atoms with van der Waals surface area (Å²) < 4.78 is 5.33. The van der Waals surface area contributed by atoms with E-state index in [2.05, 4.69) is 4.98 Å². The molecule has 0 aliphatic rings. The molecule has 0 aliphatic heterocycles. The van der Waals surface area contributed by atoms with Crippen molar-refractivity contribution in [3.63, 3.8) is 0 Å². The Morgan fingerprint density at radius 2 is 2.14 bits per heavy atom. The van der Waals surface area contributed by atoms with Crippen LogP contribution in [-0.2, 0) is 0 Å². The molecular formula is C13H9ClN2O5. The maximum atomic E-state index is 11.0. The van der Waals surface area contributed by atoms with Crippen molar-refractivity contribution in [2.45, 2.75) is 6.92 Å². The molecule has 0 saturated heterocycles. The van der Waals surface area contributed by atoms with Gasteiger partial charge in [0, 0.05) is 12.3 Å². The van der Waals surface area contributed by atoms with E-state index in [1.165, 1.54) is 24.4 Å². The van der Waals surface area contributed by atoms with Crippen LogP contribution in [0.4, 0.5) is 5.69 Å². The molecule has 1 aromatic heterocycles. The Morgan fingerprint density at radius 3 is 2.76 bits per heavy atom. The molecule has 8 heteroatoms. The maximum absolute atomic E-state index is 11.0. The molecule has 108 valence electrons. The van der Waals surface area contributed by atoms with Gasteiger partial charge in [0.25, 0.3) is 0 Å². The van der Waals surface area contributed by atoms with Crippen molar-refractivity contribution < 1.29 is 19.6 Å². The first-order chi connectivity index (χ1) is 9.90. The molecule has 0 aliphatic carbocycles. The fourth-order valence-electron chi connectivity index (χ4n) is 1.62. The highest BCUT2D eigenvalue weighted by molar-refractivity contribution is 6.34. The van der Waals surface area contributed by atoms with Crippen molar-refractivity contribution in [2.24, 2.45) is 0 Å². The Labute approximate surface area is 123 Å². The summed E-state index contributed by atoms with van der Waals surface area (Å²) >= 11 is 5.89. The molecule has 1 aromatic carbocycles. The molecule has 7 nitrogen and oxygen atoms in total. The number of carboxylic acids is 1. The topological polar surface area (TPSA) is 103 Å². The van der Waals surface area contributed by atoms with Gasteiger partial charge in [-0.05, 0) is 24.6 Å². The zero-order valence-electron chi connectivity index (χ0n) is 10.7. The number of aromatic carboxylic acids is 1. The fourth-order valence-corrected chi connectivity index (χ4v) is 1.85. The summed E-state index contributed by atoms with van der Waals surface area (Å²) in [7, 11) is 0. The van der Waals surface area contributed by atoms with Crippen LogP contribution >= 0.6 is 11.6 Å². The van der Waals surface area contributed by atoms with Gasteiger partial charge in [-0.3, -0.25) is 10.1 Å². The van der Waals surface area contributed by atoms with E-state index in [9.17, 15) is 14.9 Å². The summed E-state index contributed by atoms with van der Waals surface area (Å²) in [5.41, 5.74) is 0.275. The fraction of sp³-hybridized carbons (Fsp3) is 0.0769. The number of nitro groups is 1. The summed E-state index contributed by atoms with van der Waals surface area (Å²) in [6.07, 6.45) is 1.20. The minimum atomic E-state index is -1.24. The number of rotatable bonds is 4. The lowest BCUT2D eigenvalue weighted by Gasteiger charge is -2.08. The first kappa shape index (κ1) is 14.7. The van der Waals surface area contributed by atoms with Crippen LogP contribution in [0.3, 0.4) is 0 Å². The van der Waals surface area contributed by atoms with Gasteiger partial charge >= 0.3 is 11.7 Å². The van der Waals surface area contributed by atoms with Gasteiger partial charge in [0.1, 0.15) is 5.02 Å². The number of nitro benzene ring substituents is 1. The largest absolute Gasteiger partial charge is 0.478 e. The van der Waals surface area contributed by atoms with Crippen molar-refractivity contribution in [1.29, 1.82) is 0 Å². The lowest BCUT2D eigenvalue weighted by atomic mass is 10.2. The molecule has 0 fully saturated rings. The van der Waals surface area contributed by atoms with Crippen LogP contribution in [0.2, 0.25) is 5.02 Å². The Hall–Kier alpha value is -2.67. The summed E-state index contributed by atoms with van der Waals surface area (Å²) in [5.74, 6) is -1.51. The Morgan fingerprint density at radius 1 is 1.43 bits per heavy atom. The molecule has 0 unspecified atom stereocenters. The molecular weight excluding hydrogens is 300 g/mol. The summed E-state index contributed by atoms with van der Waals surface area (Å²) in [5, 5.41) is 19.7. The number of halogens is 1. The van der Waals surface area contributed by atoms with E-state index in [1.807, 2.05) is 0 Å². The number of carboxylic acid groups (broad SMARTS) is 1. The van der Waals surface area contributed by atoms with Gasteiger partial charge < -0.3 is 9.84 Å². The Balaban J connectivity index is 2.48. The highest BCUT2D eigenvalue weighted by atomic mass is 35.5. The second-order valence-electron chi connectivity index (χ2n) is 4.11. The zero-order chi connectivity index (χ0) is 15.6. The third-order valence-corrected chi connectivity index (χ3v) is 2.97. The van der Waals surface area contributed by atoms with E-state index in [-0.39, 0.29) is 27.9 Å². The van der Waals surface area contributed by atoms with Crippen LogP contribution in [0.25, 0.3) is 0 Å². The van der Waals surface area contributed by atoms with E-state index in [4.69, 9.17) is 21.4 Å². The van der Waals surface area contributed by atoms with Crippen LogP contribution < -0.4 is 4.74 Å². The predicted octanol–water partition coefficient (Wildman–Crippen LogP) is 3.44. The van der Waals surface area contributed by atoms with Crippen molar-refractivity contribution in [2.75, 3.05) is 0 Å². The van der Waals surface area contributed by atoms with Crippen molar-refractivity contribution >= 4 is 23.3 Å². The average molecular weight is 309 g/mol. The number of aromatic nitrogens is 1. The second kappa shape index (κ2) is 5.76. The highest BCUT2D eigenvalue weighted by Crippen LogP contribution is 2.35. The average Bonchev–Trinajstić information content (AvgIpc) is 2.40. The monoisotopic (exact) mass is 308 g/mol. The third kappa shape index (κ3) is 3.09. The molecule has 0 spiro atoms. The lowest BCUT2D eigenvalue weighted by molar-refractivity contribution is -0.385. The summed E-state index contributed by atoms with van der Waals surface area (Å²) in [4.78, 5) is 25.1. The van der Waals surface area contributed by atoms with Gasteiger partial charge in [-0.1, -0.05) is 17.7 Å². The maximum Gasteiger partial charge on any atom is 0.337 e. The van der Waals surface area contributed by atoms with Crippen LogP contribution in [0.1, 0.15) is 15.9 Å². The Bertz CT molecular complexity index is 732. The van der Waals surface area contributed by atoms with E-state index < -0.39 is 10.9 Å². The number of hydrogen-bond acceptors (Lipinski definition) is 5. The molecule has 0 radical (unpaired) electrons. The van der Waals surface area contributed by atoms with E-state index >= 15 is 0 Å². The van der Waals surface area contributed by atoms with Crippen molar-refractivity contribution in [3.8, 4) is 11.6 Å². The molecule has 0 atom stereocenters. The first-order valence-corrected chi connectivity index (χ1v) is 6.08. The van der Waals surface area contributed by atoms with Gasteiger partial charge in [0.2, 0.25) is 11.6 Å². The number of benzene rings is 1. The number of hydrogen-bond donors (Lipinski definition) is 1. The molecule has 1 heterocycles. The number of aryl methyl sites for hydroxylation is 1. The lowest BCUT2D eigenvalue weighted by Crippen LogP contribution is -2.01. The van der Waals surface area contributed by atoms with E-state index in [0.717, 1.165) is 5.56 Å². The molecule has 0 bridgehead atoms. The second-order valence-corrected chi connectivity index (χ2v) is 4.49. The van der Waals surface area contributed by atoms with Gasteiger partial charge in [-0.2, -0.15) is 0 Å². The molecule has 0 saturated carbocycles. The normalized spacial score (nSPS) is 10.2. The molecule has 21 heavy (non-hydrogen) atoms. The van der Waals surface area contributed by atoms with E-state index in [0.29, 0.717) is 0 Å². The smallest absolute Gasteiger partial charge is 0.337 e. The number of ether oxygens (including phenoxy) is 1.